The molecule has 0 saturated heterocycles. The number of carboxylic acid groups (broad SMARTS) is 1. The number of carbonyl (C=O) groups is 3. The number of aromatic carboxylic acids is 1. The van der Waals surface area contributed by atoms with Gasteiger partial charge in [-0.3, -0.25) is 9.59 Å². The highest BCUT2D eigenvalue weighted by Gasteiger charge is 2.19. The molecular formula is C16H19N3O4. The van der Waals surface area contributed by atoms with Crippen molar-refractivity contribution in [1.82, 2.24) is 10.7 Å². The molecule has 23 heavy (non-hydrogen) atoms. The number of nitrogens with zero attached hydrogens (tertiary/aromatic N) is 1. The predicted molar refractivity (Wildman–Crippen MR) is 84.2 cm³/mol. The lowest BCUT2D eigenvalue weighted by atomic mass is 9.95. The summed E-state index contributed by atoms with van der Waals surface area (Å²) in [5.41, 5.74) is 2.94. The van der Waals surface area contributed by atoms with E-state index in [1.807, 2.05) is 0 Å². The van der Waals surface area contributed by atoms with Crippen LogP contribution in [0.3, 0.4) is 0 Å². The monoisotopic (exact) mass is 317 g/mol. The van der Waals surface area contributed by atoms with E-state index < -0.39 is 17.8 Å². The number of carbonyl (C=O) groups excluding carboxylic acids is 2. The third kappa shape index (κ3) is 5.21. The first-order valence-electron chi connectivity index (χ1n) is 7.53. The van der Waals surface area contributed by atoms with Crippen molar-refractivity contribution in [2.45, 2.75) is 38.1 Å². The lowest BCUT2D eigenvalue weighted by Gasteiger charge is -2.22. The molecule has 7 nitrogen and oxygen atoms in total. The van der Waals surface area contributed by atoms with Gasteiger partial charge in [-0.25, -0.2) is 10.2 Å². The average molecular weight is 317 g/mol. The first-order chi connectivity index (χ1) is 11.1. The molecule has 0 aromatic heterocycles. The highest BCUT2D eigenvalue weighted by Crippen LogP contribution is 2.17. The van der Waals surface area contributed by atoms with Crippen molar-refractivity contribution < 1.29 is 19.5 Å². The minimum absolute atomic E-state index is 0.0644. The zero-order valence-electron chi connectivity index (χ0n) is 12.6. The van der Waals surface area contributed by atoms with Crippen LogP contribution in [-0.2, 0) is 9.59 Å². The second-order valence-electron chi connectivity index (χ2n) is 5.43. The molecule has 1 aliphatic carbocycles. The Morgan fingerprint density at radius 2 is 1.70 bits per heavy atom. The number of benzene rings is 1. The molecule has 0 atom stereocenters. The fourth-order valence-electron chi connectivity index (χ4n) is 2.43. The summed E-state index contributed by atoms with van der Waals surface area (Å²) in [6, 6.07) is 6.04. The number of amides is 2. The van der Waals surface area contributed by atoms with E-state index in [0.29, 0.717) is 5.56 Å². The molecule has 0 heterocycles. The highest BCUT2D eigenvalue weighted by atomic mass is 16.4. The first-order valence-corrected chi connectivity index (χ1v) is 7.53. The van der Waals surface area contributed by atoms with Crippen LogP contribution in [0.5, 0.6) is 0 Å². The Kier molecular flexibility index (Phi) is 5.85. The number of rotatable bonds is 4. The van der Waals surface area contributed by atoms with Gasteiger partial charge in [-0.15, -0.1) is 0 Å². The van der Waals surface area contributed by atoms with Crippen LogP contribution in [0.15, 0.2) is 29.4 Å². The second-order valence-corrected chi connectivity index (χ2v) is 5.43. The van der Waals surface area contributed by atoms with Gasteiger partial charge in [0.2, 0.25) is 0 Å². The van der Waals surface area contributed by atoms with Crippen LogP contribution in [0.4, 0.5) is 0 Å². The van der Waals surface area contributed by atoms with E-state index in [1.165, 1.54) is 24.8 Å². The lowest BCUT2D eigenvalue weighted by Crippen LogP contribution is -2.44. The molecule has 122 valence electrons. The number of hydrogen-bond donors (Lipinski definition) is 3. The van der Waals surface area contributed by atoms with E-state index in [2.05, 4.69) is 15.8 Å². The quantitative estimate of drug-likeness (QED) is 0.441. The fraction of sp³-hybridized carbons (Fsp3) is 0.375. The van der Waals surface area contributed by atoms with Gasteiger partial charge in [0.1, 0.15) is 0 Å². The van der Waals surface area contributed by atoms with E-state index in [4.69, 9.17) is 5.11 Å². The molecule has 0 aliphatic heterocycles. The zero-order valence-corrected chi connectivity index (χ0v) is 12.6. The summed E-state index contributed by atoms with van der Waals surface area (Å²) >= 11 is 0. The molecule has 0 spiro atoms. The van der Waals surface area contributed by atoms with Crippen LogP contribution in [0.25, 0.3) is 0 Å². The van der Waals surface area contributed by atoms with Crippen molar-refractivity contribution in [3.8, 4) is 0 Å². The van der Waals surface area contributed by atoms with Gasteiger partial charge in [-0.1, -0.05) is 31.4 Å². The summed E-state index contributed by atoms with van der Waals surface area (Å²) in [4.78, 5) is 34.1. The SMILES string of the molecule is O=C(N/N=C\c1ccc(C(=O)O)cc1)C(=O)NC1CCCCC1. The van der Waals surface area contributed by atoms with Crippen LogP contribution >= 0.6 is 0 Å². The van der Waals surface area contributed by atoms with Gasteiger partial charge in [-0.05, 0) is 30.5 Å². The minimum atomic E-state index is -1.01. The number of hydrazone groups is 1. The van der Waals surface area contributed by atoms with Crippen molar-refractivity contribution in [1.29, 1.82) is 0 Å². The van der Waals surface area contributed by atoms with Crippen LogP contribution in [-0.4, -0.2) is 35.1 Å². The van der Waals surface area contributed by atoms with E-state index in [-0.39, 0.29) is 11.6 Å². The average Bonchev–Trinajstić information content (AvgIpc) is 2.56. The lowest BCUT2D eigenvalue weighted by molar-refractivity contribution is -0.139. The normalized spacial score (nSPS) is 15.3. The Bertz CT molecular complexity index is 604. The Labute approximate surface area is 133 Å². The summed E-state index contributed by atoms with van der Waals surface area (Å²) in [5.74, 6) is -2.51. The molecule has 0 radical (unpaired) electrons. The van der Waals surface area contributed by atoms with Crippen LogP contribution in [0, 0.1) is 0 Å². The van der Waals surface area contributed by atoms with Gasteiger partial charge in [0, 0.05) is 6.04 Å². The molecule has 1 aromatic carbocycles. The molecule has 2 amide bonds. The molecule has 1 aromatic rings. The van der Waals surface area contributed by atoms with Gasteiger partial charge < -0.3 is 10.4 Å². The topological polar surface area (TPSA) is 108 Å². The maximum Gasteiger partial charge on any atom is 0.335 e. The van der Waals surface area contributed by atoms with Gasteiger partial charge >= 0.3 is 17.8 Å². The number of hydrogen-bond acceptors (Lipinski definition) is 4. The molecule has 2 rings (SSSR count). The summed E-state index contributed by atoms with van der Waals surface area (Å²) < 4.78 is 0. The van der Waals surface area contributed by atoms with Crippen LogP contribution < -0.4 is 10.7 Å². The maximum absolute atomic E-state index is 11.7. The molecule has 1 saturated carbocycles. The first kappa shape index (κ1) is 16.7. The number of nitrogens with one attached hydrogen (secondary N) is 2. The molecule has 1 fully saturated rings. The Balaban J connectivity index is 1.80. The molecule has 7 heteroatoms. The predicted octanol–water partition coefficient (Wildman–Crippen LogP) is 1.28. The van der Waals surface area contributed by atoms with Crippen LogP contribution in [0.2, 0.25) is 0 Å². The van der Waals surface area contributed by atoms with E-state index >= 15 is 0 Å². The van der Waals surface area contributed by atoms with E-state index in [9.17, 15) is 14.4 Å². The van der Waals surface area contributed by atoms with E-state index in [0.717, 1.165) is 25.7 Å². The summed E-state index contributed by atoms with van der Waals surface area (Å²) in [6.45, 7) is 0. The summed E-state index contributed by atoms with van der Waals surface area (Å²) in [6.07, 6.45) is 6.45. The molecular weight excluding hydrogens is 298 g/mol. The summed E-state index contributed by atoms with van der Waals surface area (Å²) in [5, 5.41) is 15.2. The molecule has 3 N–H and O–H groups in total. The largest absolute Gasteiger partial charge is 0.478 e. The van der Waals surface area contributed by atoms with Crippen molar-refractivity contribution >= 4 is 24.0 Å². The third-order valence-electron chi connectivity index (χ3n) is 3.68. The van der Waals surface area contributed by atoms with Crippen molar-refractivity contribution in [2.24, 2.45) is 5.10 Å². The third-order valence-corrected chi connectivity index (χ3v) is 3.68. The van der Waals surface area contributed by atoms with Gasteiger partial charge in [-0.2, -0.15) is 5.10 Å². The fourth-order valence-corrected chi connectivity index (χ4v) is 2.43. The molecule has 1 aliphatic rings. The maximum atomic E-state index is 11.7. The van der Waals surface area contributed by atoms with Crippen LogP contribution in [0.1, 0.15) is 48.0 Å². The highest BCUT2D eigenvalue weighted by molar-refractivity contribution is 6.35. The summed E-state index contributed by atoms with van der Waals surface area (Å²) in [7, 11) is 0. The van der Waals surface area contributed by atoms with E-state index in [1.54, 1.807) is 12.1 Å². The van der Waals surface area contributed by atoms with Crippen molar-refractivity contribution in [3.05, 3.63) is 35.4 Å². The standard InChI is InChI=1S/C16H19N3O4/c20-14(18-13-4-2-1-3-5-13)15(21)19-17-10-11-6-8-12(9-7-11)16(22)23/h6-10,13H,1-5H2,(H,18,20)(H,19,21)(H,22,23)/b17-10-. The Morgan fingerprint density at radius 3 is 2.30 bits per heavy atom. The van der Waals surface area contributed by atoms with Gasteiger partial charge in [0.05, 0.1) is 11.8 Å². The van der Waals surface area contributed by atoms with Crippen molar-refractivity contribution in [3.63, 3.8) is 0 Å². The zero-order chi connectivity index (χ0) is 16.7. The number of carboxylic acids is 1. The smallest absolute Gasteiger partial charge is 0.335 e. The van der Waals surface area contributed by atoms with Gasteiger partial charge in [0.25, 0.3) is 0 Å². The Hall–Kier alpha value is -2.70. The molecule has 0 bridgehead atoms. The molecule has 0 unspecified atom stereocenters. The Morgan fingerprint density at radius 1 is 1.04 bits per heavy atom. The second kappa shape index (κ2) is 8.07. The van der Waals surface area contributed by atoms with Crippen molar-refractivity contribution in [2.75, 3.05) is 0 Å². The van der Waals surface area contributed by atoms with Gasteiger partial charge in [0.15, 0.2) is 0 Å². The minimum Gasteiger partial charge on any atom is -0.478 e.